The van der Waals surface area contributed by atoms with Gasteiger partial charge < -0.3 is 11.5 Å². The quantitative estimate of drug-likeness (QED) is 0.676. The van der Waals surface area contributed by atoms with Gasteiger partial charge in [-0.25, -0.2) is 8.42 Å². The number of hydrogen-bond acceptors (Lipinski definition) is 4. The molecule has 1 aromatic carbocycles. The van der Waals surface area contributed by atoms with Crippen LogP contribution in [0, 0.1) is 11.3 Å². The zero-order valence-electron chi connectivity index (χ0n) is 14.7. The minimum Gasteiger partial charge on any atom is -0.399 e. The lowest BCUT2D eigenvalue weighted by molar-refractivity contribution is 0.227. The molecule has 0 bridgehead atoms. The molecule has 0 unspecified atom stereocenters. The lowest BCUT2D eigenvalue weighted by Crippen LogP contribution is -2.41. The Morgan fingerprint density at radius 3 is 2.43 bits per heavy atom. The average molecular weight is 342 g/mol. The van der Waals surface area contributed by atoms with E-state index >= 15 is 0 Å². The minimum absolute atomic E-state index is 0.123. The lowest BCUT2D eigenvalue weighted by atomic mass is 9.87. The van der Waals surface area contributed by atoms with Crippen LogP contribution in [0.15, 0.2) is 29.2 Å². The summed E-state index contributed by atoms with van der Waals surface area (Å²) in [7, 11) is -3.55. The summed E-state index contributed by atoms with van der Waals surface area (Å²) in [6.07, 6.45) is 1.78. The molecular weight excluding hydrogens is 310 g/mol. The molecule has 0 saturated heterocycles. The Bertz CT molecular complexity index is 598. The molecule has 4 N–H and O–H groups in total. The Morgan fingerprint density at radius 1 is 1.26 bits per heavy atom. The van der Waals surface area contributed by atoms with E-state index in [2.05, 4.69) is 13.8 Å². The van der Waals surface area contributed by atoms with Gasteiger partial charge in [0, 0.05) is 18.8 Å². The number of benzene rings is 1. The van der Waals surface area contributed by atoms with Gasteiger partial charge in [0.05, 0.1) is 4.90 Å². The first kappa shape index (κ1) is 19.9. The maximum atomic E-state index is 13.0. The number of rotatable bonds is 9. The van der Waals surface area contributed by atoms with Gasteiger partial charge in [0.1, 0.15) is 0 Å². The molecule has 0 radical (unpaired) electrons. The van der Waals surface area contributed by atoms with Gasteiger partial charge in [0.25, 0.3) is 0 Å². The van der Waals surface area contributed by atoms with E-state index < -0.39 is 10.0 Å². The summed E-state index contributed by atoms with van der Waals surface area (Å²) in [5.74, 6) is 0.246. The largest absolute Gasteiger partial charge is 0.399 e. The molecular formula is C17H31N3O2S. The fraction of sp³-hybridized carbons (Fsp3) is 0.647. The molecule has 132 valence electrons. The standard InChI is InChI=1S/C17H31N3O2S/c1-14(2)12-20(13-17(3,4)9-6-10-18)23(21,22)16-8-5-7-15(19)11-16/h5,7-8,11,14H,6,9-10,12-13,18-19H2,1-4H3. The van der Waals surface area contributed by atoms with Crippen molar-refractivity contribution >= 4 is 15.7 Å². The smallest absolute Gasteiger partial charge is 0.243 e. The molecule has 0 fully saturated rings. The first-order valence-electron chi connectivity index (χ1n) is 8.14. The van der Waals surface area contributed by atoms with Crippen molar-refractivity contribution in [3.05, 3.63) is 24.3 Å². The highest BCUT2D eigenvalue weighted by atomic mass is 32.2. The van der Waals surface area contributed by atoms with Gasteiger partial charge in [0.15, 0.2) is 0 Å². The molecule has 0 aliphatic heterocycles. The molecule has 0 heterocycles. The van der Waals surface area contributed by atoms with Crippen LogP contribution in [0.3, 0.4) is 0 Å². The average Bonchev–Trinajstić information content (AvgIpc) is 2.44. The van der Waals surface area contributed by atoms with Crippen LogP contribution in [0.1, 0.15) is 40.5 Å². The monoisotopic (exact) mass is 341 g/mol. The second-order valence-corrected chi connectivity index (χ2v) is 9.26. The van der Waals surface area contributed by atoms with Gasteiger partial charge in [-0.3, -0.25) is 0 Å². The van der Waals surface area contributed by atoms with E-state index in [1.54, 1.807) is 22.5 Å². The normalized spacial score (nSPS) is 13.0. The minimum atomic E-state index is -3.55. The van der Waals surface area contributed by atoms with E-state index in [1.165, 1.54) is 6.07 Å². The van der Waals surface area contributed by atoms with Crippen LogP contribution in [0.25, 0.3) is 0 Å². The third-order valence-corrected chi connectivity index (χ3v) is 5.53. The highest BCUT2D eigenvalue weighted by Crippen LogP contribution is 2.28. The van der Waals surface area contributed by atoms with Crippen LogP contribution in [0.4, 0.5) is 5.69 Å². The predicted octanol–water partition coefficient (Wildman–Crippen LogP) is 2.68. The first-order valence-corrected chi connectivity index (χ1v) is 9.58. The fourth-order valence-corrected chi connectivity index (χ4v) is 4.46. The number of anilines is 1. The third-order valence-electron chi connectivity index (χ3n) is 3.73. The molecule has 0 atom stereocenters. The van der Waals surface area contributed by atoms with Crippen LogP contribution < -0.4 is 11.5 Å². The summed E-state index contributed by atoms with van der Waals surface area (Å²) >= 11 is 0. The zero-order valence-corrected chi connectivity index (χ0v) is 15.6. The van der Waals surface area contributed by atoms with Crippen LogP contribution in [0.5, 0.6) is 0 Å². The molecule has 0 aliphatic carbocycles. The van der Waals surface area contributed by atoms with E-state index in [9.17, 15) is 8.42 Å². The summed E-state index contributed by atoms with van der Waals surface area (Å²) in [4.78, 5) is 0.257. The predicted molar refractivity (Wildman–Crippen MR) is 96.5 cm³/mol. The van der Waals surface area contributed by atoms with E-state index in [0.717, 1.165) is 12.8 Å². The molecule has 6 heteroatoms. The van der Waals surface area contributed by atoms with E-state index in [4.69, 9.17) is 11.5 Å². The Labute approximate surface area is 141 Å². The van der Waals surface area contributed by atoms with Crippen molar-refractivity contribution in [1.82, 2.24) is 4.31 Å². The van der Waals surface area contributed by atoms with Gasteiger partial charge in [-0.1, -0.05) is 33.8 Å². The highest BCUT2D eigenvalue weighted by Gasteiger charge is 2.31. The maximum Gasteiger partial charge on any atom is 0.243 e. The van der Waals surface area contributed by atoms with Gasteiger partial charge >= 0.3 is 0 Å². The van der Waals surface area contributed by atoms with Gasteiger partial charge in [-0.05, 0) is 48.9 Å². The summed E-state index contributed by atoms with van der Waals surface area (Å²) in [5.41, 5.74) is 11.7. The second kappa shape index (κ2) is 8.13. The third kappa shape index (κ3) is 6.12. The van der Waals surface area contributed by atoms with Crippen molar-refractivity contribution in [2.24, 2.45) is 17.1 Å². The number of hydrogen-bond donors (Lipinski definition) is 2. The Kier molecular flexibility index (Phi) is 7.04. The Balaban J connectivity index is 3.10. The van der Waals surface area contributed by atoms with E-state index in [0.29, 0.717) is 25.3 Å². The van der Waals surface area contributed by atoms with Gasteiger partial charge in [-0.2, -0.15) is 4.31 Å². The summed E-state index contributed by atoms with van der Waals surface area (Å²) in [6, 6.07) is 6.49. The molecule has 23 heavy (non-hydrogen) atoms. The Morgan fingerprint density at radius 2 is 1.91 bits per heavy atom. The molecule has 0 spiro atoms. The van der Waals surface area contributed by atoms with Crippen molar-refractivity contribution in [3.63, 3.8) is 0 Å². The molecule has 5 nitrogen and oxygen atoms in total. The first-order chi connectivity index (χ1) is 10.6. The Hall–Kier alpha value is -1.11. The second-order valence-electron chi connectivity index (χ2n) is 7.32. The number of nitrogen functional groups attached to an aromatic ring is 1. The molecule has 0 aliphatic rings. The van der Waals surface area contributed by atoms with Crippen LogP contribution in [-0.2, 0) is 10.0 Å². The van der Waals surface area contributed by atoms with Gasteiger partial charge in [0.2, 0.25) is 10.0 Å². The van der Waals surface area contributed by atoms with Crippen molar-refractivity contribution in [2.75, 3.05) is 25.4 Å². The van der Waals surface area contributed by atoms with Crippen LogP contribution >= 0.6 is 0 Å². The fourth-order valence-electron chi connectivity index (χ4n) is 2.62. The van der Waals surface area contributed by atoms with Crippen molar-refractivity contribution in [1.29, 1.82) is 0 Å². The van der Waals surface area contributed by atoms with Crippen molar-refractivity contribution in [3.8, 4) is 0 Å². The summed E-state index contributed by atoms with van der Waals surface area (Å²) in [5, 5.41) is 0. The maximum absolute atomic E-state index is 13.0. The van der Waals surface area contributed by atoms with E-state index in [1.807, 2.05) is 13.8 Å². The number of sulfonamides is 1. The lowest BCUT2D eigenvalue weighted by Gasteiger charge is -2.33. The van der Waals surface area contributed by atoms with Crippen molar-refractivity contribution < 1.29 is 8.42 Å². The summed E-state index contributed by atoms with van der Waals surface area (Å²) < 4.78 is 27.6. The summed E-state index contributed by atoms with van der Waals surface area (Å²) in [6.45, 7) is 9.81. The highest BCUT2D eigenvalue weighted by molar-refractivity contribution is 7.89. The van der Waals surface area contributed by atoms with Gasteiger partial charge in [-0.15, -0.1) is 0 Å². The zero-order chi connectivity index (χ0) is 17.7. The SMILES string of the molecule is CC(C)CN(CC(C)(C)CCCN)S(=O)(=O)c1cccc(N)c1. The topological polar surface area (TPSA) is 89.4 Å². The molecule has 0 saturated carbocycles. The molecule has 0 amide bonds. The van der Waals surface area contributed by atoms with Crippen LogP contribution in [0.2, 0.25) is 0 Å². The van der Waals surface area contributed by atoms with Crippen LogP contribution in [-0.4, -0.2) is 32.4 Å². The van der Waals surface area contributed by atoms with Crippen molar-refractivity contribution in [2.45, 2.75) is 45.4 Å². The number of nitrogens with zero attached hydrogens (tertiary/aromatic N) is 1. The molecule has 1 aromatic rings. The molecule has 0 aromatic heterocycles. The number of nitrogens with two attached hydrogens (primary N) is 2. The van der Waals surface area contributed by atoms with E-state index in [-0.39, 0.29) is 16.2 Å². The molecule has 1 rings (SSSR count).